The van der Waals surface area contributed by atoms with E-state index in [1.807, 2.05) is 0 Å². The number of anilines is 1. The molecule has 3 aliphatic heterocycles. The molecule has 3 saturated heterocycles. The summed E-state index contributed by atoms with van der Waals surface area (Å²) in [7, 11) is 0. The third-order valence-electron chi connectivity index (χ3n) is 4.51. The Morgan fingerprint density at radius 2 is 2.05 bits per heavy atom. The zero-order valence-corrected chi connectivity index (χ0v) is 12.7. The van der Waals surface area contributed by atoms with Crippen molar-refractivity contribution in [2.45, 2.75) is 25.8 Å². The van der Waals surface area contributed by atoms with Crippen LogP contribution in [0.15, 0.2) is 18.2 Å². The van der Waals surface area contributed by atoms with Gasteiger partial charge in [0, 0.05) is 19.5 Å². The third kappa shape index (κ3) is 2.92. The van der Waals surface area contributed by atoms with Crippen LogP contribution in [0.5, 0.6) is 5.75 Å². The van der Waals surface area contributed by atoms with Crippen molar-refractivity contribution in [2.75, 3.05) is 25.4 Å². The van der Waals surface area contributed by atoms with Gasteiger partial charge in [-0.1, -0.05) is 6.07 Å². The SMILES string of the molecule is CC(=O)Oc1c(N)cccc1C(=O)NC1CN2CCC1CC2. The van der Waals surface area contributed by atoms with E-state index in [1.54, 1.807) is 18.2 Å². The number of nitrogen functional groups attached to an aromatic ring is 1. The van der Waals surface area contributed by atoms with Crippen LogP contribution in [0.4, 0.5) is 5.69 Å². The summed E-state index contributed by atoms with van der Waals surface area (Å²) in [5, 5.41) is 3.08. The van der Waals surface area contributed by atoms with Gasteiger partial charge in [0.15, 0.2) is 5.75 Å². The van der Waals surface area contributed by atoms with Gasteiger partial charge in [0.1, 0.15) is 0 Å². The number of para-hydroxylation sites is 1. The van der Waals surface area contributed by atoms with Crippen LogP contribution in [-0.4, -0.2) is 42.5 Å². The molecule has 4 rings (SSSR count). The maximum absolute atomic E-state index is 12.6. The zero-order valence-electron chi connectivity index (χ0n) is 12.7. The molecule has 1 unspecified atom stereocenters. The normalized spacial score (nSPS) is 26.5. The Kier molecular flexibility index (Phi) is 4.02. The van der Waals surface area contributed by atoms with Crippen molar-refractivity contribution in [3.63, 3.8) is 0 Å². The predicted octanol–water partition coefficient (Wildman–Crippen LogP) is 1.02. The van der Waals surface area contributed by atoms with Gasteiger partial charge >= 0.3 is 5.97 Å². The van der Waals surface area contributed by atoms with Crippen molar-refractivity contribution in [3.05, 3.63) is 23.8 Å². The number of nitrogens with zero attached hydrogens (tertiary/aromatic N) is 1. The van der Waals surface area contributed by atoms with E-state index in [-0.39, 0.29) is 23.4 Å². The maximum Gasteiger partial charge on any atom is 0.308 e. The van der Waals surface area contributed by atoms with Gasteiger partial charge in [-0.25, -0.2) is 0 Å². The number of benzene rings is 1. The number of hydrogen-bond donors (Lipinski definition) is 2. The fourth-order valence-electron chi connectivity index (χ4n) is 3.37. The van der Waals surface area contributed by atoms with Crippen molar-refractivity contribution in [3.8, 4) is 5.75 Å². The minimum absolute atomic E-state index is 0.147. The van der Waals surface area contributed by atoms with Gasteiger partial charge in [0.25, 0.3) is 5.91 Å². The largest absolute Gasteiger partial charge is 0.424 e. The second kappa shape index (κ2) is 5.96. The van der Waals surface area contributed by atoms with Crippen LogP contribution in [0.2, 0.25) is 0 Å². The summed E-state index contributed by atoms with van der Waals surface area (Å²) in [6.07, 6.45) is 2.25. The second-order valence-electron chi connectivity index (χ2n) is 6.04. The maximum atomic E-state index is 12.6. The highest BCUT2D eigenvalue weighted by Crippen LogP contribution is 2.30. The quantitative estimate of drug-likeness (QED) is 0.495. The summed E-state index contributed by atoms with van der Waals surface area (Å²) < 4.78 is 5.11. The van der Waals surface area contributed by atoms with Crippen LogP contribution < -0.4 is 15.8 Å². The van der Waals surface area contributed by atoms with Crippen LogP contribution in [0.3, 0.4) is 0 Å². The number of hydrogen-bond acceptors (Lipinski definition) is 5. The first-order chi connectivity index (χ1) is 10.5. The van der Waals surface area contributed by atoms with E-state index < -0.39 is 5.97 Å². The number of nitrogens with two attached hydrogens (primary N) is 1. The van der Waals surface area contributed by atoms with E-state index >= 15 is 0 Å². The highest BCUT2D eigenvalue weighted by molar-refractivity contribution is 5.99. The molecule has 3 fully saturated rings. The van der Waals surface area contributed by atoms with E-state index in [1.165, 1.54) is 6.92 Å². The van der Waals surface area contributed by atoms with Crippen LogP contribution in [0.25, 0.3) is 0 Å². The lowest BCUT2D eigenvalue weighted by Crippen LogP contribution is -2.57. The molecule has 1 aromatic carbocycles. The van der Waals surface area contributed by atoms with E-state index in [0.29, 0.717) is 11.5 Å². The highest BCUT2D eigenvalue weighted by Gasteiger charge is 2.35. The number of piperidine rings is 3. The Morgan fingerprint density at radius 3 is 2.64 bits per heavy atom. The minimum Gasteiger partial charge on any atom is -0.424 e. The number of carbonyl (C=O) groups is 2. The predicted molar refractivity (Wildman–Crippen MR) is 82.6 cm³/mol. The molecule has 3 aliphatic rings. The molecular weight excluding hydrogens is 282 g/mol. The van der Waals surface area contributed by atoms with Crippen LogP contribution >= 0.6 is 0 Å². The summed E-state index contributed by atoms with van der Waals surface area (Å²) in [5.74, 6) is -0.0435. The van der Waals surface area contributed by atoms with Gasteiger partial charge in [-0.2, -0.15) is 0 Å². The fraction of sp³-hybridized carbons (Fsp3) is 0.500. The number of amides is 1. The molecule has 3 heterocycles. The molecule has 1 amide bonds. The van der Waals surface area contributed by atoms with Gasteiger partial charge < -0.3 is 20.7 Å². The average molecular weight is 303 g/mol. The molecule has 6 heteroatoms. The molecule has 0 saturated carbocycles. The molecule has 22 heavy (non-hydrogen) atoms. The van der Waals surface area contributed by atoms with Gasteiger partial charge in [0.2, 0.25) is 0 Å². The number of esters is 1. The number of rotatable bonds is 3. The molecule has 6 nitrogen and oxygen atoms in total. The van der Waals surface area contributed by atoms with E-state index in [2.05, 4.69) is 10.2 Å². The molecular formula is C16H21N3O3. The molecule has 1 atom stereocenters. The fourth-order valence-corrected chi connectivity index (χ4v) is 3.37. The molecule has 1 aromatic rings. The monoisotopic (exact) mass is 303 g/mol. The lowest BCUT2D eigenvalue weighted by molar-refractivity contribution is -0.131. The molecule has 2 bridgehead atoms. The summed E-state index contributed by atoms with van der Waals surface area (Å²) in [4.78, 5) is 26.2. The summed E-state index contributed by atoms with van der Waals surface area (Å²) in [5.41, 5.74) is 6.44. The number of carbonyl (C=O) groups excluding carboxylic acids is 2. The Labute approximate surface area is 129 Å². The molecule has 0 aliphatic carbocycles. The van der Waals surface area contributed by atoms with E-state index in [9.17, 15) is 9.59 Å². The Hall–Kier alpha value is -2.08. The first-order valence-electron chi connectivity index (χ1n) is 7.64. The number of fused-ring (bicyclic) bond motifs is 3. The summed E-state index contributed by atoms with van der Waals surface area (Å²) >= 11 is 0. The number of ether oxygens (including phenoxy) is 1. The molecule has 0 spiro atoms. The van der Waals surface area contributed by atoms with Gasteiger partial charge in [-0.15, -0.1) is 0 Å². The van der Waals surface area contributed by atoms with Crippen LogP contribution in [-0.2, 0) is 4.79 Å². The van der Waals surface area contributed by atoms with Crippen LogP contribution in [0.1, 0.15) is 30.1 Å². The zero-order chi connectivity index (χ0) is 15.7. The Balaban J connectivity index is 1.77. The van der Waals surface area contributed by atoms with Crippen molar-refractivity contribution in [2.24, 2.45) is 5.92 Å². The molecule has 118 valence electrons. The standard InChI is InChI=1S/C16H21N3O3/c1-10(20)22-15-12(3-2-4-13(15)17)16(21)18-14-9-19-7-5-11(14)6-8-19/h2-4,11,14H,5-9,17H2,1H3,(H,18,21). The van der Waals surface area contributed by atoms with Crippen molar-refractivity contribution >= 4 is 17.6 Å². The average Bonchev–Trinajstić information content (AvgIpc) is 2.50. The topological polar surface area (TPSA) is 84.7 Å². The summed E-state index contributed by atoms with van der Waals surface area (Å²) in [6.45, 7) is 4.42. The minimum atomic E-state index is -0.491. The molecule has 3 N–H and O–H groups in total. The third-order valence-corrected chi connectivity index (χ3v) is 4.51. The van der Waals surface area contributed by atoms with Gasteiger partial charge in [0.05, 0.1) is 11.3 Å². The van der Waals surface area contributed by atoms with E-state index in [0.717, 1.165) is 32.5 Å². The molecule has 0 aromatic heterocycles. The highest BCUT2D eigenvalue weighted by atomic mass is 16.5. The van der Waals surface area contributed by atoms with Crippen molar-refractivity contribution in [1.29, 1.82) is 0 Å². The van der Waals surface area contributed by atoms with Crippen LogP contribution in [0, 0.1) is 5.92 Å². The van der Waals surface area contributed by atoms with Crippen molar-refractivity contribution < 1.29 is 14.3 Å². The Morgan fingerprint density at radius 1 is 1.32 bits per heavy atom. The first-order valence-corrected chi connectivity index (χ1v) is 7.64. The van der Waals surface area contributed by atoms with E-state index in [4.69, 9.17) is 10.5 Å². The van der Waals surface area contributed by atoms with Gasteiger partial charge in [-0.05, 0) is 44.0 Å². The lowest BCUT2D eigenvalue weighted by Gasteiger charge is -2.44. The van der Waals surface area contributed by atoms with Crippen molar-refractivity contribution in [1.82, 2.24) is 10.2 Å². The Bertz CT molecular complexity index is 594. The molecule has 0 radical (unpaired) electrons. The first kappa shape index (κ1) is 14.8. The smallest absolute Gasteiger partial charge is 0.308 e. The number of nitrogens with one attached hydrogen (secondary N) is 1. The lowest BCUT2D eigenvalue weighted by atomic mass is 9.84. The summed E-state index contributed by atoms with van der Waals surface area (Å²) in [6, 6.07) is 5.09. The second-order valence-corrected chi connectivity index (χ2v) is 6.04. The van der Waals surface area contributed by atoms with Gasteiger partial charge in [-0.3, -0.25) is 9.59 Å².